The molecule has 1 saturated heterocycles. The van der Waals surface area contributed by atoms with Gasteiger partial charge in [0.05, 0.1) is 0 Å². The van der Waals surface area contributed by atoms with Crippen LogP contribution >= 0.6 is 0 Å². The second-order valence-corrected chi connectivity index (χ2v) is 5.29. The van der Waals surface area contributed by atoms with Gasteiger partial charge >= 0.3 is 23.9 Å². The zero-order chi connectivity index (χ0) is 19.9. The maximum absolute atomic E-state index is 11.5. The van der Waals surface area contributed by atoms with Crippen molar-refractivity contribution >= 4 is 23.9 Å². The van der Waals surface area contributed by atoms with E-state index in [1.807, 2.05) is 0 Å². The lowest BCUT2D eigenvalue weighted by Gasteiger charge is -2.43. The Balaban J connectivity index is 3.28. The molecule has 0 radical (unpaired) electrons. The lowest BCUT2D eigenvalue weighted by Crippen LogP contribution is -2.61. The van der Waals surface area contributed by atoms with E-state index in [0.717, 1.165) is 27.7 Å². The second kappa shape index (κ2) is 9.59. The summed E-state index contributed by atoms with van der Waals surface area (Å²) >= 11 is 0. The highest BCUT2D eigenvalue weighted by Gasteiger charge is 2.51. The molecule has 144 valence electrons. The molecule has 26 heavy (non-hydrogen) atoms. The van der Waals surface area contributed by atoms with E-state index in [0.29, 0.717) is 0 Å². The fraction of sp³-hybridized carbons (Fsp3) is 0.714. The first-order valence-corrected chi connectivity index (χ1v) is 7.50. The standard InChI is InChI=1S/C14H19N3O9/c1-6(18)22-5-10-11(23-7(2)19)12(24-8(3)20)13(25-9(4)21)14(26-10)16-17-15/h10-14H,5H2,1-4H3/t10?,11-,12?,13?,14?/m1/s1. The molecule has 12 heteroatoms. The predicted molar refractivity (Wildman–Crippen MR) is 81.1 cm³/mol. The molecular formula is C14H19N3O9. The van der Waals surface area contributed by atoms with Crippen LogP contribution in [0, 0.1) is 0 Å². The van der Waals surface area contributed by atoms with E-state index in [1.54, 1.807) is 0 Å². The monoisotopic (exact) mass is 373 g/mol. The van der Waals surface area contributed by atoms with E-state index < -0.39 is 54.5 Å². The number of carbonyl (C=O) groups excluding carboxylic acids is 4. The van der Waals surface area contributed by atoms with Crippen LogP contribution in [0.15, 0.2) is 5.11 Å². The van der Waals surface area contributed by atoms with E-state index in [-0.39, 0.29) is 6.61 Å². The van der Waals surface area contributed by atoms with Crippen LogP contribution in [0.2, 0.25) is 0 Å². The van der Waals surface area contributed by atoms with Crippen molar-refractivity contribution in [1.29, 1.82) is 0 Å². The Bertz CT molecular complexity index is 617. The third kappa shape index (κ3) is 6.22. The van der Waals surface area contributed by atoms with Crippen molar-refractivity contribution in [3.8, 4) is 0 Å². The molecule has 1 rings (SSSR count). The number of azide groups is 1. The Morgan fingerprint density at radius 2 is 1.38 bits per heavy atom. The first kappa shape index (κ1) is 21.2. The number of carbonyl (C=O) groups is 4. The maximum Gasteiger partial charge on any atom is 0.303 e. The average Bonchev–Trinajstić information content (AvgIpc) is 2.50. The highest BCUT2D eigenvalue weighted by atomic mass is 16.7. The summed E-state index contributed by atoms with van der Waals surface area (Å²) in [6, 6.07) is 0. The number of hydrogen-bond acceptors (Lipinski definition) is 10. The molecule has 0 aromatic rings. The Hall–Kier alpha value is -2.85. The summed E-state index contributed by atoms with van der Waals surface area (Å²) in [6.07, 6.45) is -6.52. The van der Waals surface area contributed by atoms with E-state index in [2.05, 4.69) is 10.0 Å². The van der Waals surface area contributed by atoms with Crippen LogP contribution in [0.1, 0.15) is 27.7 Å². The fourth-order valence-corrected chi connectivity index (χ4v) is 2.35. The summed E-state index contributed by atoms with van der Waals surface area (Å²) in [5.74, 6) is -2.92. The van der Waals surface area contributed by atoms with Gasteiger partial charge in [-0.2, -0.15) is 0 Å². The molecule has 0 N–H and O–H groups in total. The van der Waals surface area contributed by atoms with E-state index in [1.165, 1.54) is 0 Å². The summed E-state index contributed by atoms with van der Waals surface area (Å²) in [7, 11) is 0. The van der Waals surface area contributed by atoms with Crippen molar-refractivity contribution in [3.63, 3.8) is 0 Å². The molecule has 12 nitrogen and oxygen atoms in total. The molecule has 0 aromatic carbocycles. The van der Waals surface area contributed by atoms with Crippen LogP contribution in [0.5, 0.6) is 0 Å². The molecule has 5 atom stereocenters. The Morgan fingerprint density at radius 1 is 0.885 bits per heavy atom. The van der Waals surface area contributed by atoms with Gasteiger partial charge in [-0.25, -0.2) is 0 Å². The van der Waals surface area contributed by atoms with E-state index in [9.17, 15) is 19.2 Å². The average molecular weight is 373 g/mol. The Labute approximate surface area is 148 Å². The topological polar surface area (TPSA) is 163 Å². The quantitative estimate of drug-likeness (QED) is 0.210. The van der Waals surface area contributed by atoms with Gasteiger partial charge in [-0.1, -0.05) is 5.11 Å². The summed E-state index contributed by atoms with van der Waals surface area (Å²) in [6.45, 7) is 4.06. The number of rotatable bonds is 6. The van der Waals surface area contributed by atoms with E-state index in [4.69, 9.17) is 29.2 Å². The van der Waals surface area contributed by atoms with E-state index >= 15 is 0 Å². The SMILES string of the molecule is CC(=O)OCC1OC(N=[N+]=[N-])C(OC(C)=O)C(OC(C)=O)[C@@H]1OC(C)=O. The molecule has 0 saturated carbocycles. The van der Waals surface area contributed by atoms with Crippen LogP contribution in [0.3, 0.4) is 0 Å². The lowest BCUT2D eigenvalue weighted by atomic mass is 9.97. The molecule has 1 fully saturated rings. The van der Waals surface area contributed by atoms with Gasteiger partial charge < -0.3 is 23.7 Å². The van der Waals surface area contributed by atoms with Gasteiger partial charge in [-0.05, 0) is 5.53 Å². The molecule has 0 bridgehead atoms. The van der Waals surface area contributed by atoms with Gasteiger partial charge in [-0.3, -0.25) is 19.2 Å². The Morgan fingerprint density at radius 3 is 1.85 bits per heavy atom. The van der Waals surface area contributed by atoms with Gasteiger partial charge in [0.15, 0.2) is 24.5 Å². The summed E-state index contributed by atoms with van der Waals surface area (Å²) in [4.78, 5) is 48.0. The summed E-state index contributed by atoms with van der Waals surface area (Å²) in [5, 5.41) is 3.38. The number of esters is 4. The summed E-state index contributed by atoms with van der Waals surface area (Å²) < 4.78 is 25.6. The Kier molecular flexibility index (Phi) is 7.81. The summed E-state index contributed by atoms with van der Waals surface area (Å²) in [5.41, 5.74) is 8.71. The fourth-order valence-electron chi connectivity index (χ4n) is 2.35. The second-order valence-electron chi connectivity index (χ2n) is 5.29. The molecule has 4 unspecified atom stereocenters. The third-order valence-electron chi connectivity index (χ3n) is 3.13. The third-order valence-corrected chi connectivity index (χ3v) is 3.13. The minimum absolute atomic E-state index is 0.380. The van der Waals surface area contributed by atoms with Gasteiger partial charge in [-0.15, -0.1) is 0 Å². The van der Waals surface area contributed by atoms with Crippen LogP contribution in [0.4, 0.5) is 0 Å². The van der Waals surface area contributed by atoms with Crippen LogP contribution < -0.4 is 0 Å². The van der Waals surface area contributed by atoms with Crippen LogP contribution in [-0.2, 0) is 42.9 Å². The maximum atomic E-state index is 11.5. The molecule has 0 spiro atoms. The van der Waals surface area contributed by atoms with Crippen molar-refractivity contribution < 1.29 is 42.9 Å². The van der Waals surface area contributed by atoms with Gasteiger partial charge in [0.2, 0.25) is 0 Å². The highest BCUT2D eigenvalue weighted by Crippen LogP contribution is 2.29. The minimum Gasteiger partial charge on any atom is -0.463 e. The predicted octanol–water partition coefficient (Wildman–Crippen LogP) is 0.380. The molecule has 0 aromatic heterocycles. The molecule has 1 aliphatic rings. The van der Waals surface area contributed by atoms with Gasteiger partial charge in [0.25, 0.3) is 0 Å². The molecule has 0 aliphatic carbocycles. The molecule has 1 heterocycles. The minimum atomic E-state index is -1.40. The zero-order valence-electron chi connectivity index (χ0n) is 14.6. The first-order valence-electron chi connectivity index (χ1n) is 7.50. The lowest BCUT2D eigenvalue weighted by molar-refractivity contribution is -0.251. The van der Waals surface area contributed by atoms with Gasteiger partial charge in [0.1, 0.15) is 12.7 Å². The number of ether oxygens (including phenoxy) is 5. The smallest absolute Gasteiger partial charge is 0.303 e. The van der Waals surface area contributed by atoms with Crippen LogP contribution in [0.25, 0.3) is 10.4 Å². The largest absolute Gasteiger partial charge is 0.463 e. The van der Waals surface area contributed by atoms with Crippen molar-refractivity contribution in [2.24, 2.45) is 5.11 Å². The highest BCUT2D eigenvalue weighted by molar-refractivity contribution is 5.68. The number of hydrogen-bond donors (Lipinski definition) is 0. The van der Waals surface area contributed by atoms with Crippen molar-refractivity contribution in [2.45, 2.75) is 58.3 Å². The normalized spacial score (nSPS) is 27.5. The zero-order valence-corrected chi connectivity index (χ0v) is 14.6. The van der Waals surface area contributed by atoms with Crippen LogP contribution in [-0.4, -0.2) is 61.1 Å². The molecular weight excluding hydrogens is 354 g/mol. The molecule has 1 aliphatic heterocycles. The number of nitrogens with zero attached hydrogens (tertiary/aromatic N) is 3. The van der Waals surface area contributed by atoms with Crippen molar-refractivity contribution in [3.05, 3.63) is 10.4 Å². The van der Waals surface area contributed by atoms with Crippen molar-refractivity contribution in [1.82, 2.24) is 0 Å². The first-order chi connectivity index (χ1) is 12.1. The molecule has 0 amide bonds. The van der Waals surface area contributed by atoms with Gasteiger partial charge in [0, 0.05) is 32.6 Å². The van der Waals surface area contributed by atoms with Crippen molar-refractivity contribution in [2.75, 3.05) is 6.61 Å².